The topological polar surface area (TPSA) is 21.3 Å². The van der Waals surface area contributed by atoms with Gasteiger partial charge >= 0.3 is 0 Å². The van der Waals surface area contributed by atoms with Crippen LogP contribution in [-0.4, -0.2) is 19.3 Å². The third kappa shape index (κ3) is 5.75. The van der Waals surface area contributed by atoms with E-state index >= 15 is 0 Å². The first-order valence-electron chi connectivity index (χ1n) is 7.65. The molecule has 2 heteroatoms. The van der Waals surface area contributed by atoms with Gasteiger partial charge in [-0.25, -0.2) is 0 Å². The van der Waals surface area contributed by atoms with Crippen molar-refractivity contribution in [1.29, 1.82) is 0 Å². The fraction of sp³-hybridized carbons (Fsp3) is 0.647. The Hall–Kier alpha value is -0.860. The molecule has 108 valence electrons. The second kappa shape index (κ2) is 9.11. The van der Waals surface area contributed by atoms with Crippen LogP contribution in [0.15, 0.2) is 24.3 Å². The first kappa shape index (κ1) is 16.2. The Balaban J connectivity index is 2.65. The molecule has 0 bridgehead atoms. The normalized spacial score (nSPS) is 14.3. The van der Waals surface area contributed by atoms with E-state index in [1.165, 1.54) is 11.1 Å². The number of hydrogen-bond donors (Lipinski definition) is 1. The summed E-state index contributed by atoms with van der Waals surface area (Å²) in [7, 11) is 0. The SMILES string of the molecule is CCCNC(COC(C)CC)c1ccc(CC)cc1. The van der Waals surface area contributed by atoms with Crippen LogP contribution >= 0.6 is 0 Å². The molecule has 0 spiro atoms. The summed E-state index contributed by atoms with van der Waals surface area (Å²) in [6.45, 7) is 10.5. The summed E-state index contributed by atoms with van der Waals surface area (Å²) in [5.41, 5.74) is 2.72. The van der Waals surface area contributed by atoms with Crippen molar-refractivity contribution < 1.29 is 4.74 Å². The number of nitrogens with one attached hydrogen (secondary N) is 1. The lowest BCUT2D eigenvalue weighted by Crippen LogP contribution is -2.27. The van der Waals surface area contributed by atoms with E-state index in [1.807, 2.05) is 0 Å². The number of benzene rings is 1. The highest BCUT2D eigenvalue weighted by atomic mass is 16.5. The van der Waals surface area contributed by atoms with Crippen LogP contribution in [-0.2, 0) is 11.2 Å². The molecule has 2 atom stereocenters. The maximum atomic E-state index is 5.90. The third-order valence-corrected chi connectivity index (χ3v) is 3.55. The second-order valence-corrected chi connectivity index (χ2v) is 5.15. The van der Waals surface area contributed by atoms with E-state index in [0.29, 0.717) is 12.1 Å². The molecule has 0 saturated carbocycles. The lowest BCUT2D eigenvalue weighted by molar-refractivity contribution is 0.0474. The van der Waals surface area contributed by atoms with Crippen molar-refractivity contribution in [2.75, 3.05) is 13.2 Å². The average molecular weight is 263 g/mol. The maximum Gasteiger partial charge on any atom is 0.0665 e. The van der Waals surface area contributed by atoms with Crippen molar-refractivity contribution in [2.24, 2.45) is 0 Å². The number of hydrogen-bond acceptors (Lipinski definition) is 2. The van der Waals surface area contributed by atoms with Crippen molar-refractivity contribution in [3.05, 3.63) is 35.4 Å². The molecule has 0 radical (unpaired) electrons. The molecule has 1 N–H and O–H groups in total. The highest BCUT2D eigenvalue weighted by Crippen LogP contribution is 2.16. The Labute approximate surface area is 118 Å². The zero-order valence-corrected chi connectivity index (χ0v) is 12.9. The molecule has 1 aromatic rings. The first-order valence-corrected chi connectivity index (χ1v) is 7.65. The van der Waals surface area contributed by atoms with Gasteiger partial charge in [0.15, 0.2) is 0 Å². The highest BCUT2D eigenvalue weighted by molar-refractivity contribution is 5.25. The zero-order chi connectivity index (χ0) is 14.1. The van der Waals surface area contributed by atoms with Crippen molar-refractivity contribution in [1.82, 2.24) is 5.32 Å². The van der Waals surface area contributed by atoms with Crippen molar-refractivity contribution in [3.8, 4) is 0 Å². The molecule has 2 unspecified atom stereocenters. The molecule has 1 rings (SSSR count). The summed E-state index contributed by atoms with van der Waals surface area (Å²) < 4.78 is 5.90. The van der Waals surface area contributed by atoms with Crippen molar-refractivity contribution >= 4 is 0 Å². The number of rotatable bonds is 9. The van der Waals surface area contributed by atoms with Gasteiger partial charge in [-0.3, -0.25) is 0 Å². The largest absolute Gasteiger partial charge is 0.377 e. The molecule has 0 aliphatic carbocycles. The lowest BCUT2D eigenvalue weighted by Gasteiger charge is -2.21. The van der Waals surface area contributed by atoms with E-state index in [9.17, 15) is 0 Å². The second-order valence-electron chi connectivity index (χ2n) is 5.15. The fourth-order valence-electron chi connectivity index (χ4n) is 1.96. The van der Waals surface area contributed by atoms with E-state index in [2.05, 4.69) is 57.3 Å². The van der Waals surface area contributed by atoms with E-state index < -0.39 is 0 Å². The standard InChI is InChI=1S/C17H29NO/c1-5-12-18-17(13-19-14(4)6-2)16-10-8-15(7-3)9-11-16/h8-11,14,17-18H,5-7,12-13H2,1-4H3. The summed E-state index contributed by atoms with van der Waals surface area (Å²) in [4.78, 5) is 0. The fourth-order valence-corrected chi connectivity index (χ4v) is 1.96. The van der Waals surface area contributed by atoms with Crippen molar-refractivity contribution in [2.45, 2.75) is 59.1 Å². The number of ether oxygens (including phenoxy) is 1. The quantitative estimate of drug-likeness (QED) is 0.724. The van der Waals surface area contributed by atoms with Crippen molar-refractivity contribution in [3.63, 3.8) is 0 Å². The smallest absolute Gasteiger partial charge is 0.0665 e. The maximum absolute atomic E-state index is 5.90. The van der Waals surface area contributed by atoms with Crippen LogP contribution in [0.3, 0.4) is 0 Å². The summed E-state index contributed by atoms with van der Waals surface area (Å²) in [5.74, 6) is 0. The Morgan fingerprint density at radius 1 is 1.11 bits per heavy atom. The van der Waals surface area contributed by atoms with Crippen LogP contribution < -0.4 is 5.32 Å². The molecule has 0 amide bonds. The summed E-state index contributed by atoms with van der Waals surface area (Å²) in [6.07, 6.45) is 3.64. The van der Waals surface area contributed by atoms with Gasteiger partial charge in [0.2, 0.25) is 0 Å². The molecule has 2 nitrogen and oxygen atoms in total. The highest BCUT2D eigenvalue weighted by Gasteiger charge is 2.12. The minimum absolute atomic E-state index is 0.305. The summed E-state index contributed by atoms with van der Waals surface area (Å²) in [6, 6.07) is 9.20. The first-order chi connectivity index (χ1) is 9.21. The molecular formula is C17H29NO. The molecule has 0 heterocycles. The van der Waals surface area contributed by atoms with E-state index in [1.54, 1.807) is 0 Å². The Bertz CT molecular complexity index is 334. The van der Waals surface area contributed by atoms with Gasteiger partial charge in [-0.15, -0.1) is 0 Å². The molecule has 0 aliphatic rings. The van der Waals surface area contributed by atoms with E-state index in [0.717, 1.165) is 32.4 Å². The monoisotopic (exact) mass is 263 g/mol. The predicted molar refractivity (Wildman–Crippen MR) is 82.6 cm³/mol. The van der Waals surface area contributed by atoms with Gasteiger partial charge in [-0.05, 0) is 43.9 Å². The van der Waals surface area contributed by atoms with E-state index in [-0.39, 0.29) is 0 Å². The molecule has 0 aromatic heterocycles. The molecule has 19 heavy (non-hydrogen) atoms. The molecule has 0 saturated heterocycles. The molecular weight excluding hydrogens is 234 g/mol. The van der Waals surface area contributed by atoms with Gasteiger partial charge < -0.3 is 10.1 Å². The van der Waals surface area contributed by atoms with Gasteiger partial charge in [-0.2, -0.15) is 0 Å². The number of aryl methyl sites for hydroxylation is 1. The lowest BCUT2D eigenvalue weighted by atomic mass is 10.0. The molecule has 0 aliphatic heterocycles. The van der Waals surface area contributed by atoms with Crippen LogP contribution in [0.25, 0.3) is 0 Å². The molecule has 1 aromatic carbocycles. The predicted octanol–water partition coefficient (Wildman–Crippen LogP) is 4.10. The minimum atomic E-state index is 0.305. The average Bonchev–Trinajstić information content (AvgIpc) is 2.47. The van der Waals surface area contributed by atoms with Gasteiger partial charge in [0.05, 0.1) is 18.8 Å². The van der Waals surface area contributed by atoms with Gasteiger partial charge in [0.25, 0.3) is 0 Å². The van der Waals surface area contributed by atoms with Crippen LogP contribution in [0.1, 0.15) is 57.7 Å². The van der Waals surface area contributed by atoms with Gasteiger partial charge in [-0.1, -0.05) is 45.0 Å². The summed E-state index contributed by atoms with van der Waals surface area (Å²) >= 11 is 0. The Morgan fingerprint density at radius 2 is 1.79 bits per heavy atom. The molecule has 0 fully saturated rings. The third-order valence-electron chi connectivity index (χ3n) is 3.55. The van der Waals surface area contributed by atoms with Crippen LogP contribution in [0.2, 0.25) is 0 Å². The van der Waals surface area contributed by atoms with Gasteiger partial charge in [0.1, 0.15) is 0 Å². The van der Waals surface area contributed by atoms with Crippen LogP contribution in [0, 0.1) is 0 Å². The van der Waals surface area contributed by atoms with Gasteiger partial charge in [0, 0.05) is 0 Å². The Kier molecular flexibility index (Phi) is 7.76. The van der Waals surface area contributed by atoms with E-state index in [4.69, 9.17) is 4.74 Å². The minimum Gasteiger partial charge on any atom is -0.377 e. The Morgan fingerprint density at radius 3 is 2.32 bits per heavy atom. The summed E-state index contributed by atoms with van der Waals surface area (Å²) in [5, 5.41) is 3.58. The zero-order valence-electron chi connectivity index (χ0n) is 12.9. The van der Waals surface area contributed by atoms with Crippen LogP contribution in [0.5, 0.6) is 0 Å². The van der Waals surface area contributed by atoms with Crippen LogP contribution in [0.4, 0.5) is 0 Å².